The molecule has 1 aliphatic heterocycles. The minimum absolute atomic E-state index is 0.0947. The minimum atomic E-state index is -0.173. The zero-order chi connectivity index (χ0) is 19.5. The van der Waals surface area contributed by atoms with E-state index in [1.165, 1.54) is 4.90 Å². The third kappa shape index (κ3) is 3.64. The largest absolute Gasteiger partial charge is 0.337 e. The molecule has 0 aliphatic carbocycles. The van der Waals surface area contributed by atoms with Crippen molar-refractivity contribution in [2.24, 2.45) is 0 Å². The fourth-order valence-corrected chi connectivity index (χ4v) is 3.25. The van der Waals surface area contributed by atoms with Crippen LogP contribution in [0.15, 0.2) is 59.1 Å². The zero-order valence-electron chi connectivity index (χ0n) is 15.5. The first-order valence-corrected chi connectivity index (χ1v) is 9.16. The van der Waals surface area contributed by atoms with Crippen LogP contribution in [0.25, 0.3) is 11.4 Å². The third-order valence-electron chi connectivity index (χ3n) is 4.70. The highest BCUT2D eigenvalue weighted by molar-refractivity contribution is 5.98. The minimum Gasteiger partial charge on any atom is -0.337 e. The van der Waals surface area contributed by atoms with Crippen molar-refractivity contribution in [2.75, 3.05) is 18.5 Å². The van der Waals surface area contributed by atoms with Gasteiger partial charge in [-0.25, -0.2) is 0 Å². The molecular formula is C21H20N4O3. The summed E-state index contributed by atoms with van der Waals surface area (Å²) in [5.41, 5.74) is 2.13. The van der Waals surface area contributed by atoms with E-state index in [4.69, 9.17) is 4.52 Å². The molecule has 1 saturated heterocycles. The quantitative estimate of drug-likeness (QED) is 0.683. The topological polar surface area (TPSA) is 79.5 Å². The van der Waals surface area contributed by atoms with E-state index in [0.717, 1.165) is 17.7 Å². The van der Waals surface area contributed by atoms with Crippen LogP contribution in [-0.4, -0.2) is 40.4 Å². The molecule has 0 unspecified atom stereocenters. The van der Waals surface area contributed by atoms with Crippen molar-refractivity contribution in [3.8, 4) is 11.4 Å². The number of benzene rings is 2. The predicted molar refractivity (Wildman–Crippen MR) is 104 cm³/mol. The molecule has 2 heterocycles. The van der Waals surface area contributed by atoms with Gasteiger partial charge < -0.3 is 14.3 Å². The molecule has 7 nitrogen and oxygen atoms in total. The van der Waals surface area contributed by atoms with Gasteiger partial charge in [0.25, 0.3) is 5.91 Å². The zero-order valence-corrected chi connectivity index (χ0v) is 15.5. The van der Waals surface area contributed by atoms with Gasteiger partial charge in [0.1, 0.15) is 0 Å². The first-order valence-electron chi connectivity index (χ1n) is 9.16. The Kier molecular flexibility index (Phi) is 4.89. The van der Waals surface area contributed by atoms with Gasteiger partial charge in [-0.1, -0.05) is 41.6 Å². The number of carbonyl (C=O) groups excluding carboxylic acids is 2. The van der Waals surface area contributed by atoms with Gasteiger partial charge in [0.15, 0.2) is 0 Å². The predicted octanol–water partition coefficient (Wildman–Crippen LogP) is 3.14. The van der Waals surface area contributed by atoms with Crippen LogP contribution in [0.4, 0.5) is 5.69 Å². The van der Waals surface area contributed by atoms with Gasteiger partial charge in [0, 0.05) is 36.8 Å². The lowest BCUT2D eigenvalue weighted by molar-refractivity contribution is -0.117. The molecule has 7 heteroatoms. The number of nitrogens with zero attached hydrogens (tertiary/aromatic N) is 4. The Balaban J connectivity index is 1.47. The summed E-state index contributed by atoms with van der Waals surface area (Å²) in [6.45, 7) is 0.891. The molecule has 0 atom stereocenters. The van der Waals surface area contributed by atoms with E-state index >= 15 is 0 Å². The number of hydrogen-bond acceptors (Lipinski definition) is 5. The molecule has 1 fully saturated rings. The molecule has 0 bridgehead atoms. The van der Waals surface area contributed by atoms with E-state index in [2.05, 4.69) is 10.1 Å². The molecule has 0 saturated carbocycles. The smallest absolute Gasteiger partial charge is 0.254 e. The summed E-state index contributed by atoms with van der Waals surface area (Å²) < 4.78 is 5.29. The van der Waals surface area contributed by atoms with Crippen LogP contribution in [0.1, 0.15) is 29.1 Å². The molecule has 4 rings (SSSR count). The van der Waals surface area contributed by atoms with Crippen molar-refractivity contribution in [2.45, 2.75) is 19.4 Å². The average molecular weight is 376 g/mol. The first-order chi connectivity index (χ1) is 13.6. The number of rotatable bonds is 5. The highest BCUT2D eigenvalue weighted by atomic mass is 16.5. The molecule has 2 aromatic carbocycles. The summed E-state index contributed by atoms with van der Waals surface area (Å²) in [6.07, 6.45) is 1.40. The molecule has 1 aromatic heterocycles. The van der Waals surface area contributed by atoms with E-state index < -0.39 is 0 Å². The van der Waals surface area contributed by atoms with Crippen LogP contribution in [0.2, 0.25) is 0 Å². The monoisotopic (exact) mass is 376 g/mol. The van der Waals surface area contributed by atoms with E-state index in [9.17, 15) is 9.59 Å². The van der Waals surface area contributed by atoms with Crippen molar-refractivity contribution < 1.29 is 14.1 Å². The SMILES string of the molecule is CN(Cc1nc(-c2ccccc2)no1)C(=O)c1cccc(N2CCCC2=O)c1. The third-order valence-corrected chi connectivity index (χ3v) is 4.70. The number of hydrogen-bond donors (Lipinski definition) is 0. The van der Waals surface area contributed by atoms with Crippen LogP contribution >= 0.6 is 0 Å². The number of amides is 2. The molecule has 0 N–H and O–H groups in total. The second kappa shape index (κ2) is 7.64. The number of anilines is 1. The standard InChI is InChI=1S/C21H20N4O3/c1-24(14-18-22-20(23-28-18)15-7-3-2-4-8-15)21(27)16-9-5-10-17(13-16)25-12-6-11-19(25)26/h2-5,7-10,13H,6,11-12,14H2,1H3. The Morgan fingerprint density at radius 3 is 2.75 bits per heavy atom. The van der Waals surface area contributed by atoms with Crippen LogP contribution in [-0.2, 0) is 11.3 Å². The van der Waals surface area contributed by atoms with E-state index in [1.807, 2.05) is 36.4 Å². The molecule has 28 heavy (non-hydrogen) atoms. The van der Waals surface area contributed by atoms with Crippen LogP contribution in [0.5, 0.6) is 0 Å². The van der Waals surface area contributed by atoms with Crippen LogP contribution in [0.3, 0.4) is 0 Å². The van der Waals surface area contributed by atoms with Gasteiger partial charge in [0.05, 0.1) is 6.54 Å². The van der Waals surface area contributed by atoms with Crippen molar-refractivity contribution in [3.63, 3.8) is 0 Å². The van der Waals surface area contributed by atoms with E-state index in [-0.39, 0.29) is 18.4 Å². The maximum atomic E-state index is 12.8. The molecule has 3 aromatic rings. The normalized spacial score (nSPS) is 13.8. The summed E-state index contributed by atoms with van der Waals surface area (Å²) in [6, 6.07) is 16.7. The van der Waals surface area contributed by atoms with Crippen LogP contribution in [0, 0.1) is 0 Å². The Labute approximate surface area is 162 Å². The van der Waals surface area contributed by atoms with E-state index in [1.54, 1.807) is 30.1 Å². The Morgan fingerprint density at radius 1 is 1.18 bits per heavy atom. The van der Waals surface area contributed by atoms with Crippen molar-refractivity contribution in [1.82, 2.24) is 15.0 Å². The lowest BCUT2D eigenvalue weighted by Crippen LogP contribution is -2.27. The molecule has 1 aliphatic rings. The summed E-state index contributed by atoms with van der Waals surface area (Å²) in [4.78, 5) is 32.4. The molecule has 2 amide bonds. The maximum Gasteiger partial charge on any atom is 0.254 e. The second-order valence-corrected chi connectivity index (χ2v) is 6.74. The highest BCUT2D eigenvalue weighted by Gasteiger charge is 2.23. The lowest BCUT2D eigenvalue weighted by Gasteiger charge is -2.18. The highest BCUT2D eigenvalue weighted by Crippen LogP contribution is 2.23. The molecule has 0 radical (unpaired) electrons. The van der Waals surface area contributed by atoms with Gasteiger partial charge in [0.2, 0.25) is 17.6 Å². The molecule has 142 valence electrons. The molecular weight excluding hydrogens is 356 g/mol. The van der Waals surface area contributed by atoms with Gasteiger partial charge >= 0.3 is 0 Å². The summed E-state index contributed by atoms with van der Waals surface area (Å²) >= 11 is 0. The van der Waals surface area contributed by atoms with Crippen molar-refractivity contribution in [1.29, 1.82) is 0 Å². The van der Waals surface area contributed by atoms with Gasteiger partial charge in [-0.15, -0.1) is 0 Å². The van der Waals surface area contributed by atoms with Crippen molar-refractivity contribution >= 4 is 17.5 Å². The Hall–Kier alpha value is -3.48. The van der Waals surface area contributed by atoms with Crippen molar-refractivity contribution in [3.05, 3.63) is 66.1 Å². The van der Waals surface area contributed by atoms with Gasteiger partial charge in [-0.2, -0.15) is 4.98 Å². The number of carbonyl (C=O) groups is 2. The average Bonchev–Trinajstić information content (AvgIpc) is 3.37. The van der Waals surface area contributed by atoms with E-state index in [0.29, 0.717) is 30.2 Å². The second-order valence-electron chi connectivity index (χ2n) is 6.74. The summed E-state index contributed by atoms with van der Waals surface area (Å²) in [5, 5.41) is 3.98. The Morgan fingerprint density at radius 2 is 2.00 bits per heavy atom. The summed E-state index contributed by atoms with van der Waals surface area (Å²) in [7, 11) is 1.68. The maximum absolute atomic E-state index is 12.8. The first kappa shape index (κ1) is 17.9. The van der Waals surface area contributed by atoms with Gasteiger partial charge in [-0.3, -0.25) is 9.59 Å². The van der Waals surface area contributed by atoms with Gasteiger partial charge in [-0.05, 0) is 24.6 Å². The Bertz CT molecular complexity index is 1000. The fraction of sp³-hybridized carbons (Fsp3) is 0.238. The fourth-order valence-electron chi connectivity index (χ4n) is 3.25. The van der Waals surface area contributed by atoms with Crippen LogP contribution < -0.4 is 4.90 Å². The summed E-state index contributed by atoms with van der Waals surface area (Å²) in [5.74, 6) is 0.775. The number of aromatic nitrogens is 2. The lowest BCUT2D eigenvalue weighted by atomic mass is 10.1. The molecule has 0 spiro atoms.